The van der Waals surface area contributed by atoms with Crippen LogP contribution < -0.4 is 5.73 Å². The van der Waals surface area contributed by atoms with Crippen molar-refractivity contribution in [2.24, 2.45) is 5.73 Å². The topological polar surface area (TPSA) is 55.6 Å². The van der Waals surface area contributed by atoms with Gasteiger partial charge in [-0.2, -0.15) is 0 Å². The molecule has 0 aromatic rings. The highest BCUT2D eigenvalue weighted by Crippen LogP contribution is 2.17. The van der Waals surface area contributed by atoms with Crippen molar-refractivity contribution in [2.75, 3.05) is 6.54 Å². The van der Waals surface area contributed by atoms with Gasteiger partial charge in [0.15, 0.2) is 0 Å². The maximum absolute atomic E-state index is 11.5. The van der Waals surface area contributed by atoms with Gasteiger partial charge in [-0.3, -0.25) is 4.90 Å². The molecule has 1 amide bonds. The number of nitrogens with zero attached hydrogens (tertiary/aromatic N) is 1. The molecule has 0 spiro atoms. The Bertz CT molecular complexity index is 198. The molecule has 0 saturated carbocycles. The summed E-state index contributed by atoms with van der Waals surface area (Å²) >= 11 is 0. The minimum Gasteiger partial charge on any atom is -0.444 e. The molecule has 0 aromatic carbocycles. The van der Waals surface area contributed by atoms with E-state index >= 15 is 0 Å². The number of nitrogens with two attached hydrogens (primary N) is 1. The normalized spacial score (nSPS) is 23.4. The van der Waals surface area contributed by atoms with Crippen LogP contribution in [0.4, 0.5) is 4.79 Å². The lowest BCUT2D eigenvalue weighted by molar-refractivity contribution is 0.0231. The van der Waals surface area contributed by atoms with Gasteiger partial charge in [-0.25, -0.2) is 4.79 Å². The molecule has 76 valence electrons. The van der Waals surface area contributed by atoms with Gasteiger partial charge in [0.05, 0.1) is 6.17 Å². The standard InChI is InChI=1S/C9H18N2O2/c1-9(2,3)13-8(12)11-6-4-5-7(11)10/h7H,4-6,10H2,1-3H3. The van der Waals surface area contributed by atoms with Gasteiger partial charge in [0.2, 0.25) is 0 Å². The van der Waals surface area contributed by atoms with E-state index in [0.29, 0.717) is 0 Å². The summed E-state index contributed by atoms with van der Waals surface area (Å²) in [5.74, 6) is 0. The zero-order valence-corrected chi connectivity index (χ0v) is 8.54. The van der Waals surface area contributed by atoms with Crippen LogP contribution in [-0.2, 0) is 4.74 Å². The van der Waals surface area contributed by atoms with E-state index in [4.69, 9.17) is 10.5 Å². The second-order valence-electron chi connectivity index (χ2n) is 4.38. The minimum atomic E-state index is -0.431. The van der Waals surface area contributed by atoms with E-state index in [0.717, 1.165) is 19.4 Å². The van der Waals surface area contributed by atoms with Gasteiger partial charge in [-0.1, -0.05) is 0 Å². The third kappa shape index (κ3) is 2.88. The summed E-state index contributed by atoms with van der Waals surface area (Å²) in [5.41, 5.74) is 5.29. The average molecular weight is 186 g/mol. The number of likely N-dealkylation sites (tertiary alicyclic amines) is 1. The number of carbonyl (C=O) groups is 1. The Morgan fingerprint density at radius 1 is 1.54 bits per heavy atom. The van der Waals surface area contributed by atoms with Gasteiger partial charge in [0.1, 0.15) is 5.60 Å². The second kappa shape index (κ2) is 3.54. The first-order valence-corrected chi connectivity index (χ1v) is 4.65. The highest BCUT2D eigenvalue weighted by Gasteiger charge is 2.29. The fourth-order valence-electron chi connectivity index (χ4n) is 1.34. The fourth-order valence-corrected chi connectivity index (χ4v) is 1.34. The van der Waals surface area contributed by atoms with Crippen LogP contribution in [0.3, 0.4) is 0 Å². The minimum absolute atomic E-state index is 0.158. The van der Waals surface area contributed by atoms with Gasteiger partial charge in [-0.15, -0.1) is 0 Å². The maximum atomic E-state index is 11.5. The van der Waals surface area contributed by atoms with Crippen LogP contribution >= 0.6 is 0 Å². The van der Waals surface area contributed by atoms with Crippen LogP contribution in [0.25, 0.3) is 0 Å². The molecule has 1 fully saturated rings. The van der Waals surface area contributed by atoms with Gasteiger partial charge >= 0.3 is 6.09 Å². The summed E-state index contributed by atoms with van der Waals surface area (Å²) in [4.78, 5) is 13.1. The van der Waals surface area contributed by atoms with Gasteiger partial charge < -0.3 is 10.5 Å². The largest absolute Gasteiger partial charge is 0.444 e. The summed E-state index contributed by atoms with van der Waals surface area (Å²) in [5, 5.41) is 0. The Hall–Kier alpha value is -0.770. The van der Waals surface area contributed by atoms with Crippen LogP contribution in [0.5, 0.6) is 0 Å². The monoisotopic (exact) mass is 186 g/mol. The van der Waals surface area contributed by atoms with Crippen molar-refractivity contribution in [1.82, 2.24) is 4.90 Å². The van der Waals surface area contributed by atoms with Crippen molar-refractivity contribution in [2.45, 2.75) is 45.4 Å². The van der Waals surface area contributed by atoms with E-state index in [1.165, 1.54) is 0 Å². The van der Waals surface area contributed by atoms with E-state index in [1.807, 2.05) is 20.8 Å². The number of rotatable bonds is 0. The first-order chi connectivity index (χ1) is 5.90. The molecule has 4 nitrogen and oxygen atoms in total. The summed E-state index contributed by atoms with van der Waals surface area (Å²) < 4.78 is 5.20. The zero-order valence-electron chi connectivity index (χ0n) is 8.54. The van der Waals surface area contributed by atoms with Crippen molar-refractivity contribution < 1.29 is 9.53 Å². The molecular weight excluding hydrogens is 168 g/mol. The molecule has 0 radical (unpaired) electrons. The summed E-state index contributed by atoms with van der Waals surface area (Å²) in [6.07, 6.45) is 1.40. The summed E-state index contributed by atoms with van der Waals surface area (Å²) in [6.45, 7) is 6.28. The number of hydrogen-bond donors (Lipinski definition) is 1. The summed E-state index contributed by atoms with van der Waals surface area (Å²) in [6, 6.07) is 0. The molecule has 1 rings (SSSR count). The zero-order chi connectivity index (χ0) is 10.1. The Balaban J connectivity index is 2.48. The molecule has 13 heavy (non-hydrogen) atoms. The van der Waals surface area contributed by atoms with Gasteiger partial charge in [-0.05, 0) is 33.6 Å². The number of hydrogen-bond acceptors (Lipinski definition) is 3. The Kier molecular flexibility index (Phi) is 2.81. The van der Waals surface area contributed by atoms with E-state index in [2.05, 4.69) is 0 Å². The molecule has 1 unspecified atom stereocenters. The number of carbonyl (C=O) groups excluding carboxylic acids is 1. The van der Waals surface area contributed by atoms with Crippen LogP contribution in [0.2, 0.25) is 0 Å². The first kappa shape index (κ1) is 10.3. The predicted octanol–water partition coefficient (Wildman–Crippen LogP) is 1.30. The average Bonchev–Trinajstić information content (AvgIpc) is 2.30. The highest BCUT2D eigenvalue weighted by molar-refractivity contribution is 5.68. The Labute approximate surface area is 79.0 Å². The molecular formula is C9H18N2O2. The van der Waals surface area contributed by atoms with Crippen LogP contribution in [-0.4, -0.2) is 29.3 Å². The lowest BCUT2D eigenvalue weighted by Crippen LogP contribution is -2.43. The van der Waals surface area contributed by atoms with E-state index in [-0.39, 0.29) is 12.3 Å². The Morgan fingerprint density at radius 2 is 2.15 bits per heavy atom. The van der Waals surface area contributed by atoms with Crippen molar-refractivity contribution >= 4 is 6.09 Å². The van der Waals surface area contributed by atoms with Gasteiger partial charge in [0, 0.05) is 6.54 Å². The van der Waals surface area contributed by atoms with Crippen LogP contribution in [0.1, 0.15) is 33.6 Å². The maximum Gasteiger partial charge on any atom is 0.411 e. The molecule has 1 aliphatic heterocycles. The molecule has 1 heterocycles. The van der Waals surface area contributed by atoms with E-state index < -0.39 is 5.60 Å². The van der Waals surface area contributed by atoms with Crippen molar-refractivity contribution in [3.05, 3.63) is 0 Å². The lowest BCUT2D eigenvalue weighted by atomic mass is 10.2. The van der Waals surface area contributed by atoms with Crippen molar-refractivity contribution in [1.29, 1.82) is 0 Å². The van der Waals surface area contributed by atoms with Gasteiger partial charge in [0.25, 0.3) is 0 Å². The van der Waals surface area contributed by atoms with Crippen LogP contribution in [0, 0.1) is 0 Å². The summed E-state index contributed by atoms with van der Waals surface area (Å²) in [7, 11) is 0. The molecule has 1 atom stereocenters. The molecule has 1 saturated heterocycles. The SMILES string of the molecule is CC(C)(C)OC(=O)N1CCCC1N. The van der Waals surface area contributed by atoms with Crippen molar-refractivity contribution in [3.63, 3.8) is 0 Å². The molecule has 0 bridgehead atoms. The smallest absolute Gasteiger partial charge is 0.411 e. The molecule has 4 heteroatoms. The molecule has 1 aliphatic rings. The fraction of sp³-hybridized carbons (Fsp3) is 0.889. The van der Waals surface area contributed by atoms with E-state index in [9.17, 15) is 4.79 Å². The molecule has 0 aliphatic carbocycles. The third-order valence-corrected chi connectivity index (χ3v) is 1.93. The Morgan fingerprint density at radius 3 is 2.54 bits per heavy atom. The highest BCUT2D eigenvalue weighted by atomic mass is 16.6. The van der Waals surface area contributed by atoms with Crippen molar-refractivity contribution in [3.8, 4) is 0 Å². The third-order valence-electron chi connectivity index (χ3n) is 1.93. The van der Waals surface area contributed by atoms with E-state index in [1.54, 1.807) is 4.90 Å². The first-order valence-electron chi connectivity index (χ1n) is 4.65. The molecule has 2 N–H and O–H groups in total. The number of amides is 1. The van der Waals surface area contributed by atoms with Crippen LogP contribution in [0.15, 0.2) is 0 Å². The molecule has 0 aromatic heterocycles. The quantitative estimate of drug-likeness (QED) is 0.620. The predicted molar refractivity (Wildman–Crippen MR) is 50.1 cm³/mol. The lowest BCUT2D eigenvalue weighted by Gasteiger charge is -2.26. The number of ether oxygens (including phenoxy) is 1. The second-order valence-corrected chi connectivity index (χ2v) is 4.38.